The van der Waals surface area contributed by atoms with Crippen LogP contribution in [0, 0.1) is 5.41 Å². The number of carbonyl (C=O) groups excluding carboxylic acids is 1. The fourth-order valence-electron chi connectivity index (χ4n) is 3.33. The minimum atomic E-state index is -0.484. The number of hydroxylamine groups is 2. The van der Waals surface area contributed by atoms with Gasteiger partial charge in [0.15, 0.2) is 23.2 Å². The molecule has 31 heavy (non-hydrogen) atoms. The molecule has 0 radical (unpaired) electrons. The Labute approximate surface area is 180 Å². The van der Waals surface area contributed by atoms with Crippen molar-refractivity contribution in [3.8, 4) is 11.5 Å². The third-order valence-electron chi connectivity index (χ3n) is 4.83. The molecular weight excluding hydrogens is 394 g/mol. The first-order chi connectivity index (χ1) is 15.0. The highest BCUT2D eigenvalue weighted by Gasteiger charge is 2.34. The summed E-state index contributed by atoms with van der Waals surface area (Å²) in [5, 5.41) is 9.59. The van der Waals surface area contributed by atoms with E-state index in [0.29, 0.717) is 35.3 Å². The molecule has 2 aromatic carbocycles. The van der Waals surface area contributed by atoms with Crippen LogP contribution in [0.3, 0.4) is 0 Å². The van der Waals surface area contributed by atoms with Gasteiger partial charge in [0.2, 0.25) is 0 Å². The summed E-state index contributed by atoms with van der Waals surface area (Å²) in [6, 6.07) is 15.3. The van der Waals surface area contributed by atoms with E-state index in [4.69, 9.17) is 19.7 Å². The Morgan fingerprint density at radius 2 is 1.97 bits per heavy atom. The SMILES string of the molecule is CCOc1cc(/C=C2/C(=N)N3OC(C)=CC3=NC2=O)ccc1O[C@H](C)c1ccccc1. The van der Waals surface area contributed by atoms with Crippen molar-refractivity contribution in [1.29, 1.82) is 5.41 Å². The monoisotopic (exact) mass is 417 g/mol. The normalized spacial score (nSPS) is 17.6. The van der Waals surface area contributed by atoms with Crippen molar-refractivity contribution in [3.63, 3.8) is 0 Å². The number of amidine groups is 2. The van der Waals surface area contributed by atoms with Crippen LogP contribution in [0.1, 0.15) is 38.0 Å². The average Bonchev–Trinajstić information content (AvgIpc) is 3.14. The van der Waals surface area contributed by atoms with Gasteiger partial charge in [-0.2, -0.15) is 4.99 Å². The van der Waals surface area contributed by atoms with Crippen molar-refractivity contribution < 1.29 is 19.1 Å². The molecule has 0 spiro atoms. The van der Waals surface area contributed by atoms with E-state index >= 15 is 0 Å². The molecule has 7 heteroatoms. The molecule has 2 aliphatic heterocycles. The van der Waals surface area contributed by atoms with Crippen LogP contribution in [0.5, 0.6) is 11.5 Å². The summed E-state index contributed by atoms with van der Waals surface area (Å²) in [5.41, 5.74) is 1.89. The van der Waals surface area contributed by atoms with Crippen molar-refractivity contribution in [2.75, 3.05) is 6.61 Å². The third kappa shape index (κ3) is 4.21. The zero-order chi connectivity index (χ0) is 22.0. The Bertz CT molecular complexity index is 1120. The molecule has 0 aromatic heterocycles. The van der Waals surface area contributed by atoms with Gasteiger partial charge in [-0.1, -0.05) is 36.4 Å². The molecule has 158 valence electrons. The molecule has 2 aromatic rings. The minimum absolute atomic E-state index is 0.0564. The number of fused-ring (bicyclic) bond motifs is 1. The molecule has 1 amide bonds. The van der Waals surface area contributed by atoms with E-state index < -0.39 is 5.91 Å². The van der Waals surface area contributed by atoms with Gasteiger partial charge in [0.05, 0.1) is 12.2 Å². The van der Waals surface area contributed by atoms with Crippen LogP contribution in [0.4, 0.5) is 0 Å². The maximum atomic E-state index is 12.5. The van der Waals surface area contributed by atoms with Crippen LogP contribution >= 0.6 is 0 Å². The minimum Gasteiger partial charge on any atom is -0.490 e. The molecule has 0 unspecified atom stereocenters. The number of nitrogens with one attached hydrogen (secondary N) is 1. The molecule has 0 aliphatic carbocycles. The van der Waals surface area contributed by atoms with E-state index in [0.717, 1.165) is 5.56 Å². The first-order valence-electron chi connectivity index (χ1n) is 10.0. The number of carbonyl (C=O) groups is 1. The molecule has 2 aliphatic rings. The molecule has 1 N–H and O–H groups in total. The molecule has 0 saturated heterocycles. The van der Waals surface area contributed by atoms with Gasteiger partial charge in [0.25, 0.3) is 5.91 Å². The Morgan fingerprint density at radius 3 is 2.71 bits per heavy atom. The van der Waals surface area contributed by atoms with Crippen LogP contribution in [-0.4, -0.2) is 29.2 Å². The summed E-state index contributed by atoms with van der Waals surface area (Å²) >= 11 is 0. The fourth-order valence-corrected chi connectivity index (χ4v) is 3.33. The number of amides is 1. The van der Waals surface area contributed by atoms with Gasteiger partial charge in [-0.3, -0.25) is 10.2 Å². The molecular formula is C24H23N3O4. The maximum Gasteiger partial charge on any atom is 0.282 e. The summed E-state index contributed by atoms with van der Waals surface area (Å²) in [6.07, 6.45) is 3.07. The van der Waals surface area contributed by atoms with E-state index in [1.165, 1.54) is 5.06 Å². The van der Waals surface area contributed by atoms with Crippen LogP contribution in [0.15, 0.2) is 70.9 Å². The second kappa shape index (κ2) is 8.47. The van der Waals surface area contributed by atoms with Crippen molar-refractivity contribution in [3.05, 3.63) is 77.1 Å². The third-order valence-corrected chi connectivity index (χ3v) is 4.83. The number of aliphatic imine (C=N–C) groups is 1. The second-order valence-corrected chi connectivity index (χ2v) is 7.13. The zero-order valence-electron chi connectivity index (χ0n) is 17.6. The molecule has 0 fully saturated rings. The standard InChI is InChI=1S/C24H23N3O4/c1-4-29-21-14-17(10-11-20(21)30-16(3)18-8-6-5-7-9-18)13-19-23(25)27-22(26-24(19)28)12-15(2)31-27/h5-14,16,25H,4H2,1-3H3/b19-13-,25-23?/t16-/m1/s1. The summed E-state index contributed by atoms with van der Waals surface area (Å²) in [6.45, 7) is 6.08. The Hall–Kier alpha value is -3.87. The summed E-state index contributed by atoms with van der Waals surface area (Å²) < 4.78 is 11.9. The van der Waals surface area contributed by atoms with Crippen molar-refractivity contribution in [2.45, 2.75) is 26.9 Å². The summed E-state index contributed by atoms with van der Waals surface area (Å²) in [7, 11) is 0. The lowest BCUT2D eigenvalue weighted by molar-refractivity contribution is -0.114. The maximum absolute atomic E-state index is 12.5. The molecule has 0 bridgehead atoms. The van der Waals surface area contributed by atoms with Crippen LogP contribution in [-0.2, 0) is 9.63 Å². The molecule has 2 heterocycles. The predicted molar refractivity (Wildman–Crippen MR) is 118 cm³/mol. The number of benzene rings is 2. The van der Waals surface area contributed by atoms with E-state index in [9.17, 15) is 4.79 Å². The van der Waals surface area contributed by atoms with Crippen molar-refractivity contribution in [2.24, 2.45) is 4.99 Å². The number of ether oxygens (including phenoxy) is 2. The van der Waals surface area contributed by atoms with Gasteiger partial charge in [-0.25, -0.2) is 0 Å². The summed E-state index contributed by atoms with van der Waals surface area (Å²) in [4.78, 5) is 21.9. The number of hydrogen-bond acceptors (Lipinski definition) is 5. The highest BCUT2D eigenvalue weighted by Crippen LogP contribution is 2.33. The van der Waals surface area contributed by atoms with E-state index in [-0.39, 0.29) is 17.5 Å². The van der Waals surface area contributed by atoms with Gasteiger partial charge in [0.1, 0.15) is 11.9 Å². The summed E-state index contributed by atoms with van der Waals surface area (Å²) in [5.74, 6) is 1.52. The lowest BCUT2D eigenvalue weighted by atomic mass is 10.1. The average molecular weight is 417 g/mol. The van der Waals surface area contributed by atoms with E-state index in [1.807, 2.05) is 50.2 Å². The quantitative estimate of drug-likeness (QED) is 0.690. The second-order valence-electron chi connectivity index (χ2n) is 7.13. The number of allylic oxidation sites excluding steroid dienone is 1. The predicted octanol–water partition coefficient (Wildman–Crippen LogP) is 4.68. The van der Waals surface area contributed by atoms with Crippen LogP contribution in [0.2, 0.25) is 0 Å². The van der Waals surface area contributed by atoms with Crippen LogP contribution < -0.4 is 9.47 Å². The Morgan fingerprint density at radius 1 is 1.19 bits per heavy atom. The molecule has 7 nitrogen and oxygen atoms in total. The van der Waals surface area contributed by atoms with Crippen LogP contribution in [0.25, 0.3) is 6.08 Å². The van der Waals surface area contributed by atoms with Gasteiger partial charge in [0, 0.05) is 6.08 Å². The number of rotatable bonds is 6. The lowest BCUT2D eigenvalue weighted by Gasteiger charge is -2.23. The van der Waals surface area contributed by atoms with E-state index in [2.05, 4.69) is 4.99 Å². The van der Waals surface area contributed by atoms with Crippen molar-refractivity contribution in [1.82, 2.24) is 5.06 Å². The Kier molecular flexibility index (Phi) is 5.58. The first kappa shape index (κ1) is 20.4. The van der Waals surface area contributed by atoms with Gasteiger partial charge in [-0.15, -0.1) is 5.06 Å². The smallest absolute Gasteiger partial charge is 0.282 e. The molecule has 1 atom stereocenters. The molecule has 0 saturated carbocycles. The highest BCUT2D eigenvalue weighted by molar-refractivity contribution is 6.32. The number of hydrogen-bond donors (Lipinski definition) is 1. The topological polar surface area (TPSA) is 84.2 Å². The molecule has 4 rings (SSSR count). The highest BCUT2D eigenvalue weighted by atomic mass is 16.7. The van der Waals surface area contributed by atoms with Gasteiger partial charge < -0.3 is 14.3 Å². The fraction of sp³-hybridized carbons (Fsp3) is 0.208. The largest absolute Gasteiger partial charge is 0.490 e. The lowest BCUT2D eigenvalue weighted by Crippen LogP contribution is -2.38. The van der Waals surface area contributed by atoms with Crippen molar-refractivity contribution >= 4 is 23.7 Å². The zero-order valence-corrected chi connectivity index (χ0v) is 17.6. The van der Waals surface area contributed by atoms with Gasteiger partial charge >= 0.3 is 0 Å². The Balaban J connectivity index is 1.61. The van der Waals surface area contributed by atoms with E-state index in [1.54, 1.807) is 31.2 Å². The first-order valence-corrected chi connectivity index (χ1v) is 10.0. The number of nitrogens with zero attached hydrogens (tertiary/aromatic N) is 2. The van der Waals surface area contributed by atoms with Gasteiger partial charge in [-0.05, 0) is 50.1 Å².